The Morgan fingerprint density at radius 1 is 1.30 bits per heavy atom. The Morgan fingerprint density at radius 3 is 2.43 bits per heavy atom. The molecule has 2 rings (SSSR count). The summed E-state index contributed by atoms with van der Waals surface area (Å²) in [4.78, 5) is 37.4. The van der Waals surface area contributed by atoms with Crippen molar-refractivity contribution in [2.45, 2.75) is 39.2 Å². The van der Waals surface area contributed by atoms with Crippen LogP contribution in [0, 0.1) is 5.92 Å². The summed E-state index contributed by atoms with van der Waals surface area (Å²) in [7, 11) is 0. The van der Waals surface area contributed by atoms with Crippen LogP contribution in [-0.4, -0.2) is 29.8 Å². The molecular formula is C17H23N3O3. The molecule has 1 unspecified atom stereocenters. The van der Waals surface area contributed by atoms with Crippen LogP contribution in [0.1, 0.15) is 32.8 Å². The fourth-order valence-electron chi connectivity index (χ4n) is 2.52. The van der Waals surface area contributed by atoms with E-state index in [9.17, 15) is 14.4 Å². The number of hydrogen-bond acceptors (Lipinski definition) is 3. The third kappa shape index (κ3) is 3.70. The molecule has 1 aliphatic rings. The van der Waals surface area contributed by atoms with Crippen molar-refractivity contribution in [3.8, 4) is 0 Å². The van der Waals surface area contributed by atoms with E-state index < -0.39 is 17.4 Å². The van der Waals surface area contributed by atoms with Gasteiger partial charge in [-0.05, 0) is 38.0 Å². The predicted molar refractivity (Wildman–Crippen MR) is 87.7 cm³/mol. The number of rotatable bonds is 5. The summed E-state index contributed by atoms with van der Waals surface area (Å²) in [5, 5.41) is 2.62. The highest BCUT2D eigenvalue weighted by Gasteiger charge is 2.38. The zero-order valence-electron chi connectivity index (χ0n) is 13.8. The minimum Gasteiger partial charge on any atom is -0.368 e. The first-order chi connectivity index (χ1) is 10.7. The Hall–Kier alpha value is -2.37. The molecule has 0 spiro atoms. The molecule has 6 nitrogen and oxygen atoms in total. The van der Waals surface area contributed by atoms with Crippen molar-refractivity contribution in [3.05, 3.63) is 29.8 Å². The quantitative estimate of drug-likeness (QED) is 0.848. The molecule has 1 heterocycles. The molecule has 0 radical (unpaired) electrons. The van der Waals surface area contributed by atoms with E-state index in [0.29, 0.717) is 6.54 Å². The number of anilines is 1. The number of benzene rings is 1. The van der Waals surface area contributed by atoms with Gasteiger partial charge in [0.15, 0.2) is 0 Å². The number of amides is 3. The molecule has 1 aliphatic heterocycles. The minimum atomic E-state index is -1.13. The standard InChI is InChI=1S/C17H23N3O3/c1-4-11-5-7-13(8-6-11)20-10-12(9-14(20)21)15(22)19-17(2,3)16(18)23/h5-8,12H,4,9-10H2,1-3H3,(H2,18,23)(H,19,22). The van der Waals surface area contributed by atoms with Crippen LogP contribution in [-0.2, 0) is 20.8 Å². The molecule has 3 amide bonds. The smallest absolute Gasteiger partial charge is 0.242 e. The average molecular weight is 317 g/mol. The zero-order valence-corrected chi connectivity index (χ0v) is 13.8. The number of primary amides is 1. The van der Waals surface area contributed by atoms with Crippen LogP contribution in [0.4, 0.5) is 5.69 Å². The Balaban J connectivity index is 2.07. The van der Waals surface area contributed by atoms with Gasteiger partial charge in [0.25, 0.3) is 0 Å². The number of nitrogens with one attached hydrogen (secondary N) is 1. The predicted octanol–water partition coefficient (Wildman–Crippen LogP) is 0.982. The first-order valence-electron chi connectivity index (χ1n) is 7.76. The van der Waals surface area contributed by atoms with Gasteiger partial charge in [-0.2, -0.15) is 0 Å². The van der Waals surface area contributed by atoms with Crippen molar-refractivity contribution in [2.75, 3.05) is 11.4 Å². The second-order valence-electron chi connectivity index (χ2n) is 6.40. The maximum Gasteiger partial charge on any atom is 0.242 e. The maximum atomic E-state index is 12.3. The fourth-order valence-corrected chi connectivity index (χ4v) is 2.52. The van der Waals surface area contributed by atoms with E-state index in [1.165, 1.54) is 5.56 Å². The van der Waals surface area contributed by atoms with E-state index in [2.05, 4.69) is 12.2 Å². The molecule has 0 aromatic heterocycles. The minimum absolute atomic E-state index is 0.0914. The first kappa shape index (κ1) is 17.0. The van der Waals surface area contributed by atoms with Crippen LogP contribution >= 0.6 is 0 Å². The van der Waals surface area contributed by atoms with Gasteiger partial charge in [0.05, 0.1) is 5.92 Å². The Morgan fingerprint density at radius 2 is 1.91 bits per heavy atom. The normalized spacial score (nSPS) is 18.1. The molecule has 1 fully saturated rings. The van der Waals surface area contributed by atoms with Gasteiger partial charge in [-0.25, -0.2) is 0 Å². The second-order valence-corrected chi connectivity index (χ2v) is 6.40. The summed E-state index contributed by atoms with van der Waals surface area (Å²) in [6.07, 6.45) is 1.07. The van der Waals surface area contributed by atoms with E-state index in [1.54, 1.807) is 18.7 Å². The van der Waals surface area contributed by atoms with Gasteiger partial charge < -0.3 is 16.0 Å². The molecule has 0 aliphatic carbocycles. The van der Waals surface area contributed by atoms with Crippen molar-refractivity contribution in [1.29, 1.82) is 0 Å². The van der Waals surface area contributed by atoms with E-state index in [-0.39, 0.29) is 18.2 Å². The van der Waals surface area contributed by atoms with E-state index in [0.717, 1.165) is 12.1 Å². The Labute approximate surface area is 136 Å². The fraction of sp³-hybridized carbons (Fsp3) is 0.471. The Bertz CT molecular complexity index is 622. The number of hydrogen-bond donors (Lipinski definition) is 2. The van der Waals surface area contributed by atoms with Crippen LogP contribution in [0.2, 0.25) is 0 Å². The van der Waals surface area contributed by atoms with Crippen molar-refractivity contribution >= 4 is 23.4 Å². The average Bonchev–Trinajstić information content (AvgIpc) is 2.89. The van der Waals surface area contributed by atoms with E-state index in [4.69, 9.17) is 5.73 Å². The summed E-state index contributed by atoms with van der Waals surface area (Å²) >= 11 is 0. The highest BCUT2D eigenvalue weighted by atomic mass is 16.2. The van der Waals surface area contributed by atoms with Crippen LogP contribution in [0.15, 0.2) is 24.3 Å². The molecule has 3 N–H and O–H groups in total. The molecule has 6 heteroatoms. The lowest BCUT2D eigenvalue weighted by Crippen LogP contribution is -2.54. The van der Waals surface area contributed by atoms with E-state index in [1.807, 2.05) is 24.3 Å². The van der Waals surface area contributed by atoms with Crippen molar-refractivity contribution < 1.29 is 14.4 Å². The molecule has 1 aromatic rings. The largest absolute Gasteiger partial charge is 0.368 e. The highest BCUT2D eigenvalue weighted by molar-refractivity contribution is 6.01. The molecule has 0 bridgehead atoms. The number of nitrogens with two attached hydrogens (primary N) is 1. The highest BCUT2D eigenvalue weighted by Crippen LogP contribution is 2.26. The number of aryl methyl sites for hydroxylation is 1. The van der Waals surface area contributed by atoms with Crippen LogP contribution in [0.3, 0.4) is 0 Å². The van der Waals surface area contributed by atoms with Crippen molar-refractivity contribution in [1.82, 2.24) is 5.32 Å². The molecular weight excluding hydrogens is 294 g/mol. The van der Waals surface area contributed by atoms with Gasteiger partial charge >= 0.3 is 0 Å². The maximum absolute atomic E-state index is 12.3. The Kier molecular flexibility index (Phi) is 4.73. The summed E-state index contributed by atoms with van der Waals surface area (Å²) in [6, 6.07) is 7.74. The lowest BCUT2D eigenvalue weighted by atomic mass is 10.0. The molecule has 1 atom stereocenters. The zero-order chi connectivity index (χ0) is 17.2. The third-order valence-corrected chi connectivity index (χ3v) is 4.20. The molecule has 0 saturated carbocycles. The lowest BCUT2D eigenvalue weighted by Gasteiger charge is -2.24. The second kappa shape index (κ2) is 6.40. The summed E-state index contributed by atoms with van der Waals surface area (Å²) in [5.74, 6) is -1.50. The van der Waals surface area contributed by atoms with Gasteiger partial charge in [-0.1, -0.05) is 19.1 Å². The van der Waals surface area contributed by atoms with Crippen LogP contribution in [0.25, 0.3) is 0 Å². The van der Waals surface area contributed by atoms with Crippen molar-refractivity contribution in [3.63, 3.8) is 0 Å². The monoisotopic (exact) mass is 317 g/mol. The van der Waals surface area contributed by atoms with Crippen LogP contribution < -0.4 is 16.0 Å². The number of nitrogens with zero attached hydrogens (tertiary/aromatic N) is 1. The van der Waals surface area contributed by atoms with Gasteiger partial charge in [0.2, 0.25) is 17.7 Å². The number of carbonyl (C=O) groups is 3. The van der Waals surface area contributed by atoms with Crippen LogP contribution in [0.5, 0.6) is 0 Å². The topological polar surface area (TPSA) is 92.5 Å². The molecule has 1 saturated heterocycles. The summed E-state index contributed by atoms with van der Waals surface area (Å²) < 4.78 is 0. The molecule has 124 valence electrons. The first-order valence-corrected chi connectivity index (χ1v) is 7.76. The van der Waals surface area contributed by atoms with E-state index >= 15 is 0 Å². The third-order valence-electron chi connectivity index (χ3n) is 4.20. The molecule has 1 aromatic carbocycles. The SMILES string of the molecule is CCc1ccc(N2CC(C(=O)NC(C)(C)C(N)=O)CC2=O)cc1. The van der Waals surface area contributed by atoms with Gasteiger partial charge in [0.1, 0.15) is 5.54 Å². The lowest BCUT2D eigenvalue weighted by molar-refractivity contribution is -0.132. The van der Waals surface area contributed by atoms with Gasteiger partial charge in [-0.3, -0.25) is 14.4 Å². The summed E-state index contributed by atoms with van der Waals surface area (Å²) in [5.41, 5.74) is 6.11. The number of carbonyl (C=O) groups excluding carboxylic acids is 3. The van der Waals surface area contributed by atoms with Gasteiger partial charge in [0, 0.05) is 18.7 Å². The van der Waals surface area contributed by atoms with Crippen molar-refractivity contribution in [2.24, 2.45) is 11.7 Å². The van der Waals surface area contributed by atoms with Gasteiger partial charge in [-0.15, -0.1) is 0 Å². The molecule has 23 heavy (non-hydrogen) atoms. The summed E-state index contributed by atoms with van der Waals surface area (Å²) in [6.45, 7) is 5.47.